The normalized spacial score (nSPS) is 22.6. The van der Waals surface area contributed by atoms with Crippen molar-refractivity contribution in [2.24, 2.45) is 5.92 Å². The van der Waals surface area contributed by atoms with Gasteiger partial charge in [0.25, 0.3) is 5.92 Å². The van der Waals surface area contributed by atoms with Crippen molar-refractivity contribution in [3.05, 3.63) is 23.3 Å². The van der Waals surface area contributed by atoms with E-state index in [0.717, 1.165) is 13.0 Å². The third kappa shape index (κ3) is 2.16. The van der Waals surface area contributed by atoms with Crippen LogP contribution in [-0.2, 0) is 5.92 Å². The summed E-state index contributed by atoms with van der Waals surface area (Å²) in [6.45, 7) is 2.99. The van der Waals surface area contributed by atoms with E-state index in [1.165, 1.54) is 6.07 Å². The molecule has 2 aliphatic rings. The molecule has 3 rings (SSSR count). The molecule has 0 amide bonds. The summed E-state index contributed by atoms with van der Waals surface area (Å²) >= 11 is 0. The van der Waals surface area contributed by atoms with E-state index in [1.807, 2.05) is 0 Å². The van der Waals surface area contributed by atoms with E-state index in [0.29, 0.717) is 30.0 Å². The number of rotatable bonds is 2. The molecule has 1 aromatic rings. The van der Waals surface area contributed by atoms with Crippen LogP contribution in [-0.4, -0.2) is 19.9 Å². The van der Waals surface area contributed by atoms with Crippen molar-refractivity contribution in [3.63, 3.8) is 0 Å². The molecule has 0 spiro atoms. The van der Waals surface area contributed by atoms with Gasteiger partial charge in [-0.1, -0.05) is 0 Å². The predicted molar refractivity (Wildman–Crippen MR) is 66.8 cm³/mol. The van der Waals surface area contributed by atoms with Crippen molar-refractivity contribution in [1.29, 1.82) is 0 Å². The van der Waals surface area contributed by atoms with Gasteiger partial charge in [-0.3, -0.25) is 0 Å². The second-order valence-electron chi connectivity index (χ2n) is 5.19. The van der Waals surface area contributed by atoms with Crippen LogP contribution in [0.4, 0.5) is 8.78 Å². The zero-order valence-electron chi connectivity index (χ0n) is 10.8. The molecule has 0 radical (unpaired) electrons. The summed E-state index contributed by atoms with van der Waals surface area (Å²) in [5, 5.41) is 3.05. The van der Waals surface area contributed by atoms with Crippen LogP contribution < -0.4 is 14.8 Å². The number of alkyl halides is 2. The number of hydrogen-bond donors (Lipinski definition) is 1. The number of piperidine rings is 1. The van der Waals surface area contributed by atoms with Crippen molar-refractivity contribution in [2.75, 3.05) is 19.9 Å². The molecule has 2 heterocycles. The maximum atomic E-state index is 14.6. The Morgan fingerprint density at radius 1 is 1.26 bits per heavy atom. The summed E-state index contributed by atoms with van der Waals surface area (Å²) in [4.78, 5) is 0. The van der Waals surface area contributed by atoms with Crippen molar-refractivity contribution in [3.8, 4) is 11.5 Å². The fraction of sp³-hybridized carbons (Fsp3) is 0.571. The number of ether oxygens (including phenoxy) is 2. The highest BCUT2D eigenvalue weighted by atomic mass is 19.3. The maximum Gasteiger partial charge on any atom is 0.277 e. The van der Waals surface area contributed by atoms with Crippen LogP contribution in [0.1, 0.15) is 24.0 Å². The van der Waals surface area contributed by atoms with Gasteiger partial charge in [0, 0.05) is 18.0 Å². The Hall–Kier alpha value is -1.36. The Kier molecular flexibility index (Phi) is 3.09. The van der Waals surface area contributed by atoms with E-state index in [4.69, 9.17) is 9.47 Å². The average Bonchev–Trinajstić information content (AvgIpc) is 2.85. The number of halogens is 2. The Balaban J connectivity index is 1.95. The lowest BCUT2D eigenvalue weighted by molar-refractivity contribution is -0.0730. The molecule has 1 aromatic carbocycles. The number of aryl methyl sites for hydroxylation is 1. The van der Waals surface area contributed by atoms with Crippen molar-refractivity contribution in [2.45, 2.75) is 25.7 Å². The maximum absolute atomic E-state index is 14.6. The molecule has 1 fully saturated rings. The molecule has 1 saturated heterocycles. The smallest absolute Gasteiger partial charge is 0.277 e. The average molecular weight is 269 g/mol. The van der Waals surface area contributed by atoms with Gasteiger partial charge >= 0.3 is 0 Å². The van der Waals surface area contributed by atoms with E-state index in [9.17, 15) is 8.78 Å². The molecule has 104 valence electrons. The van der Waals surface area contributed by atoms with Crippen molar-refractivity contribution < 1.29 is 18.3 Å². The fourth-order valence-electron chi connectivity index (χ4n) is 2.78. The summed E-state index contributed by atoms with van der Waals surface area (Å²) in [7, 11) is 0. The molecule has 3 nitrogen and oxygen atoms in total. The molecular weight excluding hydrogens is 252 g/mol. The zero-order chi connectivity index (χ0) is 13.5. The lowest BCUT2D eigenvalue weighted by Crippen LogP contribution is -2.39. The van der Waals surface area contributed by atoms with Gasteiger partial charge < -0.3 is 14.8 Å². The van der Waals surface area contributed by atoms with E-state index in [2.05, 4.69) is 5.32 Å². The van der Waals surface area contributed by atoms with Gasteiger partial charge in [-0.15, -0.1) is 0 Å². The second-order valence-corrected chi connectivity index (χ2v) is 5.19. The largest absolute Gasteiger partial charge is 0.454 e. The van der Waals surface area contributed by atoms with Gasteiger partial charge in [0.15, 0.2) is 11.5 Å². The minimum Gasteiger partial charge on any atom is -0.454 e. The third-order valence-corrected chi connectivity index (χ3v) is 3.89. The highest BCUT2D eigenvalue weighted by Gasteiger charge is 2.43. The molecule has 0 aromatic heterocycles. The first-order chi connectivity index (χ1) is 9.09. The molecule has 1 atom stereocenters. The first-order valence-electron chi connectivity index (χ1n) is 6.58. The number of hydrogen-bond acceptors (Lipinski definition) is 3. The molecule has 0 saturated carbocycles. The number of benzene rings is 1. The molecule has 1 unspecified atom stereocenters. The summed E-state index contributed by atoms with van der Waals surface area (Å²) in [6.07, 6.45) is 1.34. The summed E-state index contributed by atoms with van der Waals surface area (Å²) in [6, 6.07) is 3.08. The molecule has 0 aliphatic carbocycles. The first kappa shape index (κ1) is 12.7. The van der Waals surface area contributed by atoms with E-state index in [1.54, 1.807) is 13.0 Å². The monoisotopic (exact) mass is 269 g/mol. The molecular formula is C14H17F2NO2. The number of fused-ring (bicyclic) bond motifs is 1. The lowest BCUT2D eigenvalue weighted by Gasteiger charge is -2.31. The Morgan fingerprint density at radius 2 is 2.00 bits per heavy atom. The van der Waals surface area contributed by atoms with E-state index < -0.39 is 11.8 Å². The van der Waals surface area contributed by atoms with E-state index >= 15 is 0 Å². The molecule has 1 N–H and O–H groups in total. The van der Waals surface area contributed by atoms with Crippen molar-refractivity contribution in [1.82, 2.24) is 5.32 Å². The van der Waals surface area contributed by atoms with E-state index in [-0.39, 0.29) is 12.4 Å². The fourth-order valence-corrected chi connectivity index (χ4v) is 2.78. The third-order valence-electron chi connectivity index (χ3n) is 3.89. The van der Waals surface area contributed by atoms with Crippen LogP contribution in [0.3, 0.4) is 0 Å². The predicted octanol–water partition coefficient (Wildman–Crippen LogP) is 2.82. The molecule has 0 bridgehead atoms. The quantitative estimate of drug-likeness (QED) is 0.895. The second kappa shape index (κ2) is 4.63. The Labute approximate surface area is 110 Å². The van der Waals surface area contributed by atoms with Crippen LogP contribution in [0.5, 0.6) is 11.5 Å². The highest BCUT2D eigenvalue weighted by molar-refractivity contribution is 5.49. The number of nitrogens with one attached hydrogen (secondary N) is 1. The first-order valence-corrected chi connectivity index (χ1v) is 6.58. The van der Waals surface area contributed by atoms with Crippen LogP contribution in [0.15, 0.2) is 12.1 Å². The van der Waals surface area contributed by atoms with Crippen LogP contribution in [0.2, 0.25) is 0 Å². The standard InChI is InChI=1S/C14H17F2NO2/c1-9-5-12-13(19-8-18-12)6-11(9)14(15,16)10-3-2-4-17-7-10/h5-6,10,17H,2-4,7-8H2,1H3. The minimum absolute atomic E-state index is 0.0606. The Morgan fingerprint density at radius 3 is 2.68 bits per heavy atom. The van der Waals surface area contributed by atoms with Crippen molar-refractivity contribution >= 4 is 0 Å². The van der Waals surface area contributed by atoms with Gasteiger partial charge in [0.1, 0.15) is 0 Å². The highest BCUT2D eigenvalue weighted by Crippen LogP contribution is 2.45. The van der Waals surface area contributed by atoms with Crippen LogP contribution >= 0.6 is 0 Å². The van der Waals surface area contributed by atoms with Gasteiger partial charge in [-0.25, -0.2) is 8.78 Å². The molecule has 5 heteroatoms. The zero-order valence-corrected chi connectivity index (χ0v) is 10.8. The van der Waals surface area contributed by atoms with Gasteiger partial charge in [0.05, 0.1) is 0 Å². The SMILES string of the molecule is Cc1cc2c(cc1C(F)(F)C1CCCNC1)OCO2. The van der Waals surface area contributed by atoms with Crippen LogP contribution in [0.25, 0.3) is 0 Å². The van der Waals surface area contributed by atoms with Gasteiger partial charge in [0.2, 0.25) is 6.79 Å². The van der Waals surface area contributed by atoms with Crippen LogP contribution in [0, 0.1) is 12.8 Å². The topological polar surface area (TPSA) is 30.5 Å². The summed E-state index contributed by atoms with van der Waals surface area (Å²) < 4.78 is 39.7. The summed E-state index contributed by atoms with van der Waals surface area (Å²) in [5.41, 5.74) is 0.616. The van der Waals surface area contributed by atoms with Gasteiger partial charge in [-0.05, 0) is 44.0 Å². The molecule has 2 aliphatic heterocycles. The van der Waals surface area contributed by atoms with Gasteiger partial charge in [-0.2, -0.15) is 0 Å². The Bertz CT molecular complexity index is 485. The molecule has 19 heavy (non-hydrogen) atoms. The minimum atomic E-state index is -2.83. The lowest BCUT2D eigenvalue weighted by atomic mass is 9.86. The summed E-state index contributed by atoms with van der Waals surface area (Å²) in [5.74, 6) is -2.51.